The molecule has 0 bridgehead atoms. The van der Waals surface area contributed by atoms with E-state index in [4.69, 9.17) is 9.47 Å². The molecule has 0 aromatic heterocycles. The Morgan fingerprint density at radius 1 is 0.706 bits per heavy atom. The molecule has 0 aromatic carbocycles. The third kappa shape index (κ3) is 21.8. The summed E-state index contributed by atoms with van der Waals surface area (Å²) in [5.41, 5.74) is 0. The average molecular weight is 730 g/mol. The molecule has 1 fully saturated rings. The molecule has 51 heavy (non-hydrogen) atoms. The van der Waals surface area contributed by atoms with E-state index in [1.165, 1.54) is 64.2 Å². The van der Waals surface area contributed by atoms with Crippen LogP contribution < -0.4 is 5.32 Å². The summed E-state index contributed by atoms with van der Waals surface area (Å²) in [5, 5.41) is 74.7. The minimum Gasteiger partial charge on any atom is -0.394 e. The van der Waals surface area contributed by atoms with Crippen molar-refractivity contribution in [3.05, 3.63) is 24.3 Å². The highest BCUT2D eigenvalue weighted by molar-refractivity contribution is 5.80. The Labute approximate surface area is 308 Å². The van der Waals surface area contributed by atoms with Crippen molar-refractivity contribution in [3.63, 3.8) is 0 Å². The maximum Gasteiger partial charge on any atom is 0.249 e. The molecule has 0 aliphatic carbocycles. The molecule has 300 valence electrons. The largest absolute Gasteiger partial charge is 0.394 e. The van der Waals surface area contributed by atoms with Crippen molar-refractivity contribution in [1.82, 2.24) is 5.32 Å². The van der Waals surface area contributed by atoms with Crippen molar-refractivity contribution in [3.8, 4) is 0 Å². The first kappa shape index (κ1) is 47.6. The van der Waals surface area contributed by atoms with Gasteiger partial charge in [-0.3, -0.25) is 4.79 Å². The number of allylic oxidation sites excluding steroid dienone is 4. The third-order valence-corrected chi connectivity index (χ3v) is 9.77. The zero-order valence-electron chi connectivity index (χ0n) is 31.8. The summed E-state index contributed by atoms with van der Waals surface area (Å²) in [7, 11) is 0. The Balaban J connectivity index is 2.32. The van der Waals surface area contributed by atoms with Gasteiger partial charge in [0.2, 0.25) is 5.91 Å². The van der Waals surface area contributed by atoms with Crippen molar-refractivity contribution in [2.75, 3.05) is 13.2 Å². The van der Waals surface area contributed by atoms with E-state index in [2.05, 4.69) is 43.5 Å². The number of hydrogen-bond acceptors (Lipinski definition) is 10. The number of unbranched alkanes of at least 4 members (excludes halogenated alkanes) is 16. The number of rotatable bonds is 32. The topological polar surface area (TPSA) is 189 Å². The molecule has 1 aliphatic heterocycles. The maximum absolute atomic E-state index is 12.9. The number of aliphatic hydroxyl groups excluding tert-OH is 7. The molecule has 1 heterocycles. The number of nitrogens with one attached hydrogen (secondary N) is 1. The smallest absolute Gasteiger partial charge is 0.249 e. The van der Waals surface area contributed by atoms with Crippen LogP contribution in [0.2, 0.25) is 0 Å². The molecule has 11 nitrogen and oxygen atoms in total. The minimum absolute atomic E-state index is 0.258. The molecular weight excluding hydrogens is 654 g/mol. The summed E-state index contributed by atoms with van der Waals surface area (Å²) in [6, 6.07) is -1.16. The monoisotopic (exact) mass is 730 g/mol. The van der Waals surface area contributed by atoms with Gasteiger partial charge in [0.1, 0.15) is 36.6 Å². The molecule has 1 amide bonds. The highest BCUT2D eigenvalue weighted by Crippen LogP contribution is 2.23. The molecule has 1 saturated heterocycles. The van der Waals surface area contributed by atoms with Crippen LogP contribution >= 0.6 is 0 Å². The van der Waals surface area contributed by atoms with Gasteiger partial charge in [0.05, 0.1) is 25.4 Å². The number of carbonyl (C=O) groups is 1. The molecule has 9 unspecified atom stereocenters. The van der Waals surface area contributed by atoms with E-state index in [1.807, 2.05) is 0 Å². The molecule has 0 saturated carbocycles. The van der Waals surface area contributed by atoms with Crippen LogP contribution in [0.3, 0.4) is 0 Å². The summed E-state index contributed by atoms with van der Waals surface area (Å²) in [6.07, 6.45) is 20.3. The van der Waals surface area contributed by atoms with E-state index in [0.717, 1.165) is 51.4 Å². The van der Waals surface area contributed by atoms with Gasteiger partial charge in [0.15, 0.2) is 6.29 Å². The van der Waals surface area contributed by atoms with Crippen molar-refractivity contribution in [2.24, 2.45) is 0 Å². The van der Waals surface area contributed by atoms with Crippen LogP contribution in [0.4, 0.5) is 0 Å². The fourth-order valence-corrected chi connectivity index (χ4v) is 6.36. The standard InChI is InChI=1S/C40H75NO10/c1-3-5-7-9-10-11-12-13-14-15-16-17-18-19-20-21-22-23-24-26-28-33(44)39(49)41-31(35(45)32(43)27-25-8-6-4-2)30-50-40-38(48)37(47)36(46)34(29-42)51-40/h5,7,10-11,31-38,40,42-48H,3-4,6,8-9,12-30H2,1-2H3,(H,41,49)/b7-5-,11-10-. The Kier molecular flexibility index (Phi) is 28.9. The van der Waals surface area contributed by atoms with Gasteiger partial charge in [-0.15, -0.1) is 0 Å². The highest BCUT2D eigenvalue weighted by Gasteiger charge is 2.44. The van der Waals surface area contributed by atoms with Crippen LogP contribution in [-0.2, 0) is 14.3 Å². The number of aliphatic hydroxyl groups is 7. The first-order chi connectivity index (χ1) is 24.7. The first-order valence-electron chi connectivity index (χ1n) is 20.2. The van der Waals surface area contributed by atoms with Gasteiger partial charge >= 0.3 is 0 Å². The molecule has 1 aliphatic rings. The molecular formula is C40H75NO10. The van der Waals surface area contributed by atoms with Crippen LogP contribution in [0, 0.1) is 0 Å². The van der Waals surface area contributed by atoms with E-state index < -0.39 is 74.2 Å². The second-order valence-electron chi connectivity index (χ2n) is 14.3. The number of amides is 1. The summed E-state index contributed by atoms with van der Waals surface area (Å²) in [6.45, 7) is 3.17. The van der Waals surface area contributed by atoms with Gasteiger partial charge in [-0.2, -0.15) is 0 Å². The lowest BCUT2D eigenvalue weighted by atomic mass is 9.98. The third-order valence-electron chi connectivity index (χ3n) is 9.77. The normalized spacial score (nSPS) is 23.5. The van der Waals surface area contributed by atoms with Crippen molar-refractivity contribution in [1.29, 1.82) is 0 Å². The van der Waals surface area contributed by atoms with Gasteiger partial charge in [0, 0.05) is 0 Å². The van der Waals surface area contributed by atoms with Gasteiger partial charge in [-0.25, -0.2) is 0 Å². The lowest BCUT2D eigenvalue weighted by Gasteiger charge is -2.40. The van der Waals surface area contributed by atoms with Crippen LogP contribution in [0.15, 0.2) is 24.3 Å². The zero-order valence-corrected chi connectivity index (χ0v) is 31.8. The van der Waals surface area contributed by atoms with Crippen LogP contribution in [-0.4, -0.2) is 110 Å². The van der Waals surface area contributed by atoms with Gasteiger partial charge in [-0.05, 0) is 38.5 Å². The molecule has 1 rings (SSSR count). The minimum atomic E-state index is -1.66. The lowest BCUT2D eigenvalue weighted by Crippen LogP contribution is -2.60. The molecule has 0 spiro atoms. The van der Waals surface area contributed by atoms with Crippen LogP contribution in [0.5, 0.6) is 0 Å². The molecule has 11 heteroatoms. The zero-order chi connectivity index (χ0) is 37.7. The fourth-order valence-electron chi connectivity index (χ4n) is 6.36. The van der Waals surface area contributed by atoms with E-state index in [-0.39, 0.29) is 6.42 Å². The average Bonchev–Trinajstić information content (AvgIpc) is 3.13. The Morgan fingerprint density at radius 2 is 1.25 bits per heavy atom. The molecule has 9 atom stereocenters. The van der Waals surface area contributed by atoms with E-state index in [0.29, 0.717) is 19.3 Å². The van der Waals surface area contributed by atoms with Crippen molar-refractivity contribution < 1.29 is 50.0 Å². The van der Waals surface area contributed by atoms with E-state index in [9.17, 15) is 40.5 Å². The quantitative estimate of drug-likeness (QED) is 0.0342. The number of hydrogen-bond donors (Lipinski definition) is 8. The number of carbonyl (C=O) groups excluding carboxylic acids is 1. The number of ether oxygens (including phenoxy) is 2. The summed E-state index contributed by atoms with van der Waals surface area (Å²) in [5.74, 6) is -0.707. The maximum atomic E-state index is 12.9. The Morgan fingerprint density at radius 3 is 1.84 bits per heavy atom. The van der Waals surface area contributed by atoms with E-state index >= 15 is 0 Å². The predicted octanol–water partition coefficient (Wildman–Crippen LogP) is 5.10. The van der Waals surface area contributed by atoms with E-state index in [1.54, 1.807) is 0 Å². The Hall–Kier alpha value is -1.41. The predicted molar refractivity (Wildman–Crippen MR) is 201 cm³/mol. The fraction of sp³-hybridized carbons (Fsp3) is 0.875. The van der Waals surface area contributed by atoms with Crippen LogP contribution in [0.1, 0.15) is 155 Å². The second kappa shape index (κ2) is 31.0. The van der Waals surface area contributed by atoms with Crippen molar-refractivity contribution >= 4 is 5.91 Å². The summed E-state index contributed by atoms with van der Waals surface area (Å²) in [4.78, 5) is 12.9. The molecule has 0 aromatic rings. The van der Waals surface area contributed by atoms with Gasteiger partial charge < -0.3 is 50.5 Å². The molecule has 0 radical (unpaired) electrons. The Bertz CT molecular complexity index is 887. The summed E-state index contributed by atoms with van der Waals surface area (Å²) >= 11 is 0. The highest BCUT2D eigenvalue weighted by atomic mass is 16.7. The lowest BCUT2D eigenvalue weighted by molar-refractivity contribution is -0.303. The van der Waals surface area contributed by atoms with Gasteiger partial charge in [-0.1, -0.05) is 141 Å². The first-order valence-corrected chi connectivity index (χ1v) is 20.2. The van der Waals surface area contributed by atoms with Crippen LogP contribution in [0.25, 0.3) is 0 Å². The van der Waals surface area contributed by atoms with Gasteiger partial charge in [0.25, 0.3) is 0 Å². The van der Waals surface area contributed by atoms with Crippen molar-refractivity contribution in [2.45, 2.75) is 210 Å². The molecule has 8 N–H and O–H groups in total. The SMILES string of the molecule is CC/C=C\C/C=C\CCCCCCCCCCCCCCCC(O)C(=O)NC(COC1OC(CO)C(O)C(O)C1O)C(O)C(O)CCCCCC. The second-order valence-corrected chi connectivity index (χ2v) is 14.3. The summed E-state index contributed by atoms with van der Waals surface area (Å²) < 4.78 is 11.0.